The molecule has 1 aliphatic rings. The van der Waals surface area contributed by atoms with Gasteiger partial charge in [-0.15, -0.1) is 0 Å². The minimum Gasteiger partial charge on any atom is -0.484 e. The number of ether oxygens (including phenoxy) is 4. The number of piperazine rings is 1. The summed E-state index contributed by atoms with van der Waals surface area (Å²) in [5.41, 5.74) is 2.74. The number of amides is 4. The average Bonchev–Trinajstić information content (AvgIpc) is 3.67. The second kappa shape index (κ2) is 16.3. The van der Waals surface area contributed by atoms with Gasteiger partial charge in [-0.25, -0.2) is 9.59 Å². The quantitative estimate of drug-likeness (QED) is 0.160. The molecule has 1 aliphatic heterocycles. The van der Waals surface area contributed by atoms with Crippen LogP contribution in [0.3, 0.4) is 0 Å². The van der Waals surface area contributed by atoms with Gasteiger partial charge in [0.25, 0.3) is 11.8 Å². The van der Waals surface area contributed by atoms with Gasteiger partial charge in [-0.2, -0.15) is 0 Å². The largest absolute Gasteiger partial charge is 0.484 e. The van der Waals surface area contributed by atoms with Crippen molar-refractivity contribution in [3.05, 3.63) is 59.9 Å². The maximum atomic E-state index is 13.0. The van der Waals surface area contributed by atoms with E-state index in [0.717, 1.165) is 32.9 Å². The molecule has 0 spiro atoms. The van der Waals surface area contributed by atoms with Crippen molar-refractivity contribution in [2.75, 3.05) is 52.5 Å². The molecule has 4 N–H and O–H groups in total. The summed E-state index contributed by atoms with van der Waals surface area (Å²) < 4.78 is 22.3. The van der Waals surface area contributed by atoms with Crippen molar-refractivity contribution in [3.63, 3.8) is 0 Å². The van der Waals surface area contributed by atoms with E-state index < -0.39 is 23.4 Å². The van der Waals surface area contributed by atoms with Crippen LogP contribution in [0.1, 0.15) is 52.7 Å². The highest BCUT2D eigenvalue weighted by Crippen LogP contribution is 2.26. The fourth-order valence-corrected chi connectivity index (χ4v) is 5.81. The molecule has 0 aliphatic carbocycles. The number of aromatic amines is 2. The first-order valence-electron chi connectivity index (χ1n) is 17.6. The van der Waals surface area contributed by atoms with Gasteiger partial charge in [0.2, 0.25) is 0 Å². The smallest absolute Gasteiger partial charge is 0.407 e. The zero-order chi connectivity index (χ0) is 37.5. The number of fused-ring (bicyclic) bond motifs is 2. The van der Waals surface area contributed by atoms with Crippen molar-refractivity contribution >= 4 is 45.8 Å². The summed E-state index contributed by atoms with van der Waals surface area (Å²) in [7, 11) is 0. The van der Waals surface area contributed by atoms with Gasteiger partial charge in [-0.1, -0.05) is 0 Å². The van der Waals surface area contributed by atoms with E-state index in [2.05, 4.69) is 20.6 Å². The fourth-order valence-electron chi connectivity index (χ4n) is 5.81. The summed E-state index contributed by atoms with van der Waals surface area (Å²) in [5.74, 6) is 0.817. The highest BCUT2D eigenvalue weighted by atomic mass is 16.6. The molecule has 14 nitrogen and oxygen atoms in total. The van der Waals surface area contributed by atoms with Crippen LogP contribution in [-0.4, -0.2) is 107 Å². The number of rotatable bonds is 12. The first kappa shape index (κ1) is 37.8. The van der Waals surface area contributed by atoms with Gasteiger partial charge < -0.3 is 49.3 Å². The Morgan fingerprint density at radius 3 is 1.38 bits per heavy atom. The van der Waals surface area contributed by atoms with Crippen LogP contribution in [0, 0.1) is 0 Å². The third kappa shape index (κ3) is 10.8. The third-order valence-corrected chi connectivity index (χ3v) is 8.31. The molecule has 1 saturated heterocycles. The van der Waals surface area contributed by atoms with Crippen molar-refractivity contribution in [2.45, 2.75) is 65.6 Å². The van der Waals surface area contributed by atoms with Crippen LogP contribution in [-0.2, 0) is 31.9 Å². The van der Waals surface area contributed by atoms with Crippen LogP contribution < -0.4 is 20.1 Å². The summed E-state index contributed by atoms with van der Waals surface area (Å²) in [6.45, 7) is 13.1. The van der Waals surface area contributed by atoms with Crippen molar-refractivity contribution in [1.29, 1.82) is 0 Å². The zero-order valence-electron chi connectivity index (χ0n) is 30.9. The number of nitrogens with one attached hydrogen (secondary N) is 4. The number of carbonyl (C=O) groups is 4. The molecule has 3 heterocycles. The van der Waals surface area contributed by atoms with Crippen molar-refractivity contribution in [1.82, 2.24) is 30.4 Å². The number of hydrogen-bond donors (Lipinski definition) is 4. The minimum absolute atomic E-state index is 0.122. The SMILES string of the molecule is CC(C)(C)OC(=O)NCCc1c[nH]c2ccc(OCC(=O)N3CCN(C(=O)COc4ccc5[nH]cc(CCNC(=O)OC(C)(C)C)c5c4)CC3)cc12. The third-order valence-electron chi connectivity index (χ3n) is 8.31. The molecule has 52 heavy (non-hydrogen) atoms. The van der Waals surface area contributed by atoms with Gasteiger partial charge in [0.05, 0.1) is 0 Å². The molecule has 0 unspecified atom stereocenters. The topological polar surface area (TPSA) is 167 Å². The molecular formula is C38H50N6O8. The molecule has 280 valence electrons. The Hall–Kier alpha value is -5.40. The Kier molecular flexibility index (Phi) is 11.9. The average molecular weight is 719 g/mol. The van der Waals surface area contributed by atoms with Crippen LogP contribution in [0.25, 0.3) is 21.8 Å². The lowest BCUT2D eigenvalue weighted by Crippen LogP contribution is -2.52. The highest BCUT2D eigenvalue weighted by molar-refractivity contribution is 5.86. The van der Waals surface area contributed by atoms with E-state index in [1.165, 1.54) is 0 Å². The lowest BCUT2D eigenvalue weighted by atomic mass is 10.1. The zero-order valence-corrected chi connectivity index (χ0v) is 30.9. The number of H-pyrrole nitrogens is 2. The molecule has 0 radical (unpaired) electrons. The molecule has 2 aromatic carbocycles. The Bertz CT molecular complexity index is 1740. The molecule has 4 amide bonds. The summed E-state index contributed by atoms with van der Waals surface area (Å²) in [6.07, 6.45) is 4.06. The second-order valence-corrected chi connectivity index (χ2v) is 14.7. The van der Waals surface area contributed by atoms with Crippen LogP contribution in [0.15, 0.2) is 48.8 Å². The van der Waals surface area contributed by atoms with Crippen molar-refractivity contribution in [2.24, 2.45) is 0 Å². The number of aromatic nitrogens is 2. The summed E-state index contributed by atoms with van der Waals surface area (Å²) in [5, 5.41) is 7.45. The van der Waals surface area contributed by atoms with Crippen LogP contribution in [0.4, 0.5) is 9.59 Å². The lowest BCUT2D eigenvalue weighted by Gasteiger charge is -2.34. The Balaban J connectivity index is 1.04. The van der Waals surface area contributed by atoms with Crippen LogP contribution in [0.2, 0.25) is 0 Å². The van der Waals surface area contributed by atoms with E-state index in [0.29, 0.717) is 63.6 Å². The van der Waals surface area contributed by atoms with E-state index in [-0.39, 0.29) is 25.0 Å². The number of hydrogen-bond acceptors (Lipinski definition) is 8. The molecule has 5 rings (SSSR count). The molecule has 1 fully saturated rings. The van der Waals surface area contributed by atoms with Gasteiger partial charge in [0, 0.05) is 73.5 Å². The van der Waals surface area contributed by atoms with Crippen LogP contribution in [0.5, 0.6) is 11.5 Å². The summed E-state index contributed by atoms with van der Waals surface area (Å²) in [6, 6.07) is 11.2. The van der Waals surface area contributed by atoms with Gasteiger partial charge in [0.15, 0.2) is 13.2 Å². The minimum atomic E-state index is -0.562. The van der Waals surface area contributed by atoms with Crippen LogP contribution >= 0.6 is 0 Å². The first-order chi connectivity index (χ1) is 24.6. The van der Waals surface area contributed by atoms with Gasteiger partial charge in [-0.05, 0) is 102 Å². The molecule has 0 bridgehead atoms. The predicted octanol–water partition coefficient (Wildman–Crippen LogP) is 4.91. The first-order valence-corrected chi connectivity index (χ1v) is 17.6. The van der Waals surface area contributed by atoms with E-state index >= 15 is 0 Å². The monoisotopic (exact) mass is 718 g/mol. The van der Waals surface area contributed by atoms with Gasteiger partial charge in [-0.3, -0.25) is 9.59 Å². The van der Waals surface area contributed by atoms with Crippen molar-refractivity contribution in [3.8, 4) is 11.5 Å². The summed E-state index contributed by atoms with van der Waals surface area (Å²) >= 11 is 0. The molecule has 4 aromatic rings. The lowest BCUT2D eigenvalue weighted by molar-refractivity contribution is -0.141. The number of benzene rings is 2. The van der Waals surface area contributed by atoms with Gasteiger partial charge >= 0.3 is 12.2 Å². The Morgan fingerprint density at radius 1 is 0.635 bits per heavy atom. The molecular weight excluding hydrogens is 668 g/mol. The van der Waals surface area contributed by atoms with Gasteiger partial charge in [0.1, 0.15) is 22.7 Å². The number of nitrogens with zero attached hydrogens (tertiary/aromatic N) is 2. The molecule has 14 heteroatoms. The highest BCUT2D eigenvalue weighted by Gasteiger charge is 2.25. The van der Waals surface area contributed by atoms with E-state index in [1.807, 2.05) is 90.3 Å². The fraction of sp³-hybridized carbons (Fsp3) is 0.474. The van der Waals surface area contributed by atoms with Crippen molar-refractivity contribution < 1.29 is 38.1 Å². The van der Waals surface area contributed by atoms with E-state index in [9.17, 15) is 19.2 Å². The molecule has 0 atom stereocenters. The molecule has 0 saturated carbocycles. The van der Waals surface area contributed by atoms with E-state index in [4.69, 9.17) is 18.9 Å². The normalized spacial score (nSPS) is 13.6. The Labute approximate surface area is 303 Å². The maximum Gasteiger partial charge on any atom is 0.407 e. The number of carbonyl (C=O) groups excluding carboxylic acids is 4. The second-order valence-electron chi connectivity index (χ2n) is 14.7. The molecule has 2 aromatic heterocycles. The standard InChI is InChI=1S/C38H50N6O8/c1-37(2,3)51-35(47)39-13-11-25-21-41-31-9-7-27(19-29(25)31)49-23-33(45)43-15-17-44(18-16-43)34(46)24-50-28-8-10-32-30(20-28)26(22-42-32)12-14-40-36(48)52-38(4,5)6/h7-10,19-22,41-42H,11-18,23-24H2,1-6H3,(H,39,47)(H,40,48). The Morgan fingerprint density at radius 2 is 1.02 bits per heavy atom. The van der Waals surface area contributed by atoms with E-state index in [1.54, 1.807) is 9.80 Å². The predicted molar refractivity (Wildman–Crippen MR) is 197 cm³/mol. The maximum absolute atomic E-state index is 13.0. The number of alkyl carbamates (subject to hydrolysis) is 2. The summed E-state index contributed by atoms with van der Waals surface area (Å²) in [4.78, 5) is 59.8.